The number of ketones is 1. The summed E-state index contributed by atoms with van der Waals surface area (Å²) in [7, 11) is 0. The number of likely N-dealkylation sites (tertiary alicyclic amines) is 1. The Morgan fingerprint density at radius 1 is 1.11 bits per heavy atom. The lowest BCUT2D eigenvalue weighted by Crippen LogP contribution is -2.28. The third kappa shape index (κ3) is 3.32. The summed E-state index contributed by atoms with van der Waals surface area (Å²) < 4.78 is 6.37. The fourth-order valence-corrected chi connectivity index (χ4v) is 4.27. The van der Waals surface area contributed by atoms with Gasteiger partial charge in [-0.1, -0.05) is 36.4 Å². The van der Waals surface area contributed by atoms with Crippen molar-refractivity contribution in [3.8, 4) is 0 Å². The van der Waals surface area contributed by atoms with E-state index in [9.17, 15) is 14.7 Å². The summed E-state index contributed by atoms with van der Waals surface area (Å²) in [4.78, 5) is 28.0. The minimum absolute atomic E-state index is 0.0495. The Kier molecular flexibility index (Phi) is 4.88. The normalized spacial score (nSPS) is 19.0. The first-order valence-corrected chi connectivity index (χ1v) is 10.1. The van der Waals surface area contributed by atoms with Gasteiger partial charge in [-0.15, -0.1) is 11.3 Å². The number of aliphatic hydroxyl groups is 1. The number of rotatable bonds is 4. The molecule has 1 saturated heterocycles. The Hall–Kier alpha value is -2.39. The topological polar surface area (TPSA) is 70.8 Å². The van der Waals surface area contributed by atoms with Crippen molar-refractivity contribution < 1.29 is 19.1 Å². The highest BCUT2D eigenvalue weighted by molar-refractivity contribution is 14.1. The summed E-state index contributed by atoms with van der Waals surface area (Å²) in [6, 6.07) is 15.3. The molecular weight excluding hydrogens is 477 g/mol. The van der Waals surface area contributed by atoms with Crippen molar-refractivity contribution in [1.29, 1.82) is 0 Å². The Morgan fingerprint density at radius 2 is 1.89 bits per heavy atom. The molecule has 3 aromatic rings. The minimum Gasteiger partial charge on any atom is -0.507 e. The number of thiophene rings is 1. The molecule has 0 bridgehead atoms. The summed E-state index contributed by atoms with van der Waals surface area (Å²) in [6.45, 7) is 0.274. The second-order valence-corrected chi connectivity index (χ2v) is 8.11. The predicted molar refractivity (Wildman–Crippen MR) is 110 cm³/mol. The van der Waals surface area contributed by atoms with Crippen molar-refractivity contribution in [2.75, 3.05) is 0 Å². The van der Waals surface area contributed by atoms with Gasteiger partial charge >= 0.3 is 0 Å². The molecular formula is C20H14INO4S. The summed E-state index contributed by atoms with van der Waals surface area (Å²) in [5.41, 5.74) is 0.534. The van der Waals surface area contributed by atoms with E-state index in [4.69, 9.17) is 4.42 Å². The molecule has 0 radical (unpaired) electrons. The highest BCUT2D eigenvalue weighted by atomic mass is 127. The molecule has 2 aromatic heterocycles. The Bertz CT molecular complexity index is 1020. The molecule has 1 atom stereocenters. The van der Waals surface area contributed by atoms with Gasteiger partial charge < -0.3 is 14.4 Å². The van der Waals surface area contributed by atoms with Crippen LogP contribution in [0.4, 0.5) is 0 Å². The number of nitrogens with zero attached hydrogens (tertiary/aromatic N) is 1. The molecule has 0 spiro atoms. The zero-order valence-corrected chi connectivity index (χ0v) is 16.9. The summed E-state index contributed by atoms with van der Waals surface area (Å²) in [6.07, 6.45) is 0. The molecule has 7 heteroatoms. The van der Waals surface area contributed by atoms with E-state index in [0.717, 1.165) is 4.88 Å². The van der Waals surface area contributed by atoms with Crippen LogP contribution in [0.5, 0.6) is 0 Å². The first kappa shape index (κ1) is 18.0. The zero-order valence-electron chi connectivity index (χ0n) is 14.0. The third-order valence-corrected chi connectivity index (χ3v) is 5.80. The number of amides is 1. The zero-order chi connectivity index (χ0) is 19.0. The van der Waals surface area contributed by atoms with E-state index in [-0.39, 0.29) is 17.9 Å². The molecule has 4 rings (SSSR count). The molecule has 1 amide bonds. The number of carbonyl (C=O) groups excluding carboxylic acids is 2. The van der Waals surface area contributed by atoms with Crippen molar-refractivity contribution in [3.05, 3.63) is 85.5 Å². The number of aliphatic hydroxyl groups excluding tert-OH is 1. The Balaban J connectivity index is 1.86. The number of furan rings is 1. The van der Waals surface area contributed by atoms with Crippen LogP contribution in [0.2, 0.25) is 0 Å². The molecule has 0 aliphatic carbocycles. The van der Waals surface area contributed by atoms with Gasteiger partial charge in [-0.3, -0.25) is 9.59 Å². The number of halogens is 1. The van der Waals surface area contributed by atoms with Gasteiger partial charge in [-0.2, -0.15) is 0 Å². The maximum atomic E-state index is 12.8. The number of carbonyl (C=O) groups is 2. The maximum absolute atomic E-state index is 12.8. The molecule has 27 heavy (non-hydrogen) atoms. The highest BCUT2D eigenvalue weighted by Crippen LogP contribution is 2.41. The van der Waals surface area contributed by atoms with E-state index in [1.807, 2.05) is 46.2 Å². The predicted octanol–water partition coefficient (Wildman–Crippen LogP) is 4.57. The Labute approximate surface area is 173 Å². The SMILES string of the molecule is O=C1C(=O)N(Cc2cccs2)C(c2ccc(I)o2)/C1=C(\O)c1ccccc1. The molecule has 1 unspecified atom stereocenters. The lowest BCUT2D eigenvalue weighted by molar-refractivity contribution is -0.140. The van der Waals surface area contributed by atoms with Gasteiger partial charge in [0.2, 0.25) is 0 Å². The molecule has 3 heterocycles. The average Bonchev–Trinajstić information content (AvgIpc) is 3.39. The van der Waals surface area contributed by atoms with Gasteiger partial charge in [0.25, 0.3) is 11.7 Å². The van der Waals surface area contributed by atoms with Gasteiger partial charge in [0.05, 0.1) is 12.1 Å². The number of benzene rings is 1. The van der Waals surface area contributed by atoms with Gasteiger partial charge in [-0.25, -0.2) is 0 Å². The van der Waals surface area contributed by atoms with Crippen molar-refractivity contribution in [1.82, 2.24) is 4.90 Å². The molecule has 1 N–H and O–H groups in total. The number of hydrogen-bond donors (Lipinski definition) is 1. The van der Waals surface area contributed by atoms with Gasteiger partial charge in [0, 0.05) is 10.4 Å². The van der Waals surface area contributed by atoms with Crippen LogP contribution >= 0.6 is 33.9 Å². The van der Waals surface area contributed by atoms with Crippen LogP contribution in [0.3, 0.4) is 0 Å². The van der Waals surface area contributed by atoms with Crippen LogP contribution < -0.4 is 0 Å². The van der Waals surface area contributed by atoms with Crippen molar-refractivity contribution >= 4 is 51.4 Å². The lowest BCUT2D eigenvalue weighted by Gasteiger charge is -2.22. The summed E-state index contributed by atoms with van der Waals surface area (Å²) in [5, 5.41) is 12.7. The van der Waals surface area contributed by atoms with Crippen LogP contribution in [-0.2, 0) is 16.1 Å². The first-order chi connectivity index (χ1) is 13.1. The van der Waals surface area contributed by atoms with Crippen LogP contribution in [0.15, 0.2) is 70.0 Å². The smallest absolute Gasteiger partial charge is 0.296 e. The van der Waals surface area contributed by atoms with Gasteiger partial charge in [0.1, 0.15) is 17.6 Å². The van der Waals surface area contributed by atoms with E-state index in [1.54, 1.807) is 36.4 Å². The van der Waals surface area contributed by atoms with E-state index >= 15 is 0 Å². The minimum atomic E-state index is -0.768. The van der Waals surface area contributed by atoms with Crippen LogP contribution in [-0.4, -0.2) is 21.7 Å². The number of Topliss-reactive ketones (excluding diaryl/α,β-unsaturated/α-hetero) is 1. The van der Waals surface area contributed by atoms with Crippen molar-refractivity contribution in [3.63, 3.8) is 0 Å². The van der Waals surface area contributed by atoms with Crippen molar-refractivity contribution in [2.45, 2.75) is 12.6 Å². The highest BCUT2D eigenvalue weighted by Gasteiger charge is 2.47. The van der Waals surface area contributed by atoms with E-state index < -0.39 is 17.7 Å². The first-order valence-electron chi connectivity index (χ1n) is 8.17. The quantitative estimate of drug-likeness (QED) is 0.251. The molecule has 1 aliphatic heterocycles. The van der Waals surface area contributed by atoms with Crippen LogP contribution in [0.1, 0.15) is 22.2 Å². The summed E-state index contributed by atoms with van der Waals surface area (Å²) >= 11 is 3.54. The van der Waals surface area contributed by atoms with Crippen LogP contribution in [0, 0.1) is 3.77 Å². The molecule has 0 saturated carbocycles. The molecule has 1 fully saturated rings. The standard InChI is InChI=1S/C20H14INO4S/c21-15-9-8-14(26-15)17-16(18(23)12-5-2-1-3-6-12)19(24)20(25)22(17)11-13-7-4-10-27-13/h1-10,17,23H,11H2/b18-16+. The average molecular weight is 491 g/mol. The fraction of sp³-hybridized carbons (Fsp3) is 0.100. The molecule has 1 aliphatic rings. The monoisotopic (exact) mass is 491 g/mol. The fourth-order valence-electron chi connectivity index (χ4n) is 3.14. The molecule has 136 valence electrons. The van der Waals surface area contributed by atoms with E-state index in [0.29, 0.717) is 15.1 Å². The lowest BCUT2D eigenvalue weighted by atomic mass is 9.99. The largest absolute Gasteiger partial charge is 0.507 e. The second kappa shape index (κ2) is 7.32. The number of hydrogen-bond acceptors (Lipinski definition) is 5. The third-order valence-electron chi connectivity index (χ3n) is 4.36. The Morgan fingerprint density at radius 3 is 2.52 bits per heavy atom. The van der Waals surface area contributed by atoms with Gasteiger partial charge in [0.15, 0.2) is 3.77 Å². The van der Waals surface area contributed by atoms with E-state index in [2.05, 4.69) is 0 Å². The molecule has 5 nitrogen and oxygen atoms in total. The molecule has 1 aromatic carbocycles. The van der Waals surface area contributed by atoms with E-state index in [1.165, 1.54) is 16.2 Å². The maximum Gasteiger partial charge on any atom is 0.296 e. The second-order valence-electron chi connectivity index (χ2n) is 6.01. The van der Waals surface area contributed by atoms with Gasteiger partial charge in [-0.05, 0) is 46.2 Å². The van der Waals surface area contributed by atoms with Crippen molar-refractivity contribution in [2.24, 2.45) is 0 Å². The summed E-state index contributed by atoms with van der Waals surface area (Å²) in [5.74, 6) is -1.09. The van der Waals surface area contributed by atoms with Crippen LogP contribution in [0.25, 0.3) is 5.76 Å².